The number of hydrogen-bond acceptors (Lipinski definition) is 3. The summed E-state index contributed by atoms with van der Waals surface area (Å²) in [4.78, 5) is 12.8. The highest BCUT2D eigenvalue weighted by Gasteiger charge is 2.24. The van der Waals surface area contributed by atoms with Crippen molar-refractivity contribution in [3.63, 3.8) is 0 Å². The summed E-state index contributed by atoms with van der Waals surface area (Å²) in [5, 5.41) is 1.03. The smallest absolute Gasteiger partial charge is 0.137 e. The van der Waals surface area contributed by atoms with Crippen molar-refractivity contribution in [2.24, 2.45) is 0 Å². The zero-order valence-corrected chi connectivity index (χ0v) is 12.5. The van der Waals surface area contributed by atoms with Gasteiger partial charge in [0.05, 0.1) is 0 Å². The first-order chi connectivity index (χ1) is 9.74. The van der Waals surface area contributed by atoms with E-state index in [0.717, 1.165) is 24.0 Å². The third-order valence-electron chi connectivity index (χ3n) is 3.77. The molecule has 3 nitrogen and oxygen atoms in total. The number of rotatable bonds is 3. The Morgan fingerprint density at radius 3 is 2.20 bits per heavy atom. The third-order valence-corrected chi connectivity index (χ3v) is 4.35. The lowest BCUT2D eigenvalue weighted by Gasteiger charge is -2.13. The Morgan fingerprint density at radius 1 is 1.00 bits per heavy atom. The van der Waals surface area contributed by atoms with Crippen LogP contribution in [0.25, 0.3) is 0 Å². The third kappa shape index (κ3) is 2.94. The lowest BCUT2D eigenvalue weighted by atomic mass is 10.0. The first-order valence-electron chi connectivity index (χ1n) is 6.85. The maximum Gasteiger partial charge on any atom is 0.137 e. The predicted octanol–water partition coefficient (Wildman–Crippen LogP) is 4.43. The average molecular weight is 308 g/mol. The number of halogens is 2. The van der Waals surface area contributed by atoms with Gasteiger partial charge in [-0.1, -0.05) is 36.0 Å². The molecule has 0 atom stereocenters. The van der Waals surface area contributed by atoms with Crippen LogP contribution < -0.4 is 0 Å². The Hall–Kier alpha value is -1.19. The van der Waals surface area contributed by atoms with Crippen molar-refractivity contribution in [3.8, 4) is 0 Å². The highest BCUT2D eigenvalue weighted by molar-refractivity contribution is 6.34. The molecule has 2 aromatic heterocycles. The number of hydrogen-bond donors (Lipinski definition) is 0. The van der Waals surface area contributed by atoms with E-state index < -0.39 is 0 Å². The maximum absolute atomic E-state index is 6.33. The summed E-state index contributed by atoms with van der Waals surface area (Å²) in [7, 11) is 0. The van der Waals surface area contributed by atoms with Crippen LogP contribution in [0.2, 0.25) is 10.3 Å². The van der Waals surface area contributed by atoms with E-state index in [4.69, 9.17) is 23.2 Å². The Bertz CT molecular complexity index is 572. The fourth-order valence-corrected chi connectivity index (χ4v) is 3.50. The molecule has 0 aromatic carbocycles. The van der Waals surface area contributed by atoms with Crippen LogP contribution in [0.5, 0.6) is 0 Å². The van der Waals surface area contributed by atoms with Crippen LogP contribution in [0.15, 0.2) is 24.5 Å². The number of nitrogens with zero attached hydrogens (tertiary/aromatic N) is 3. The second-order valence-corrected chi connectivity index (χ2v) is 5.86. The van der Waals surface area contributed by atoms with Crippen molar-refractivity contribution in [1.29, 1.82) is 0 Å². The van der Waals surface area contributed by atoms with Crippen LogP contribution in [0.3, 0.4) is 0 Å². The topological polar surface area (TPSA) is 38.7 Å². The van der Waals surface area contributed by atoms with Gasteiger partial charge in [-0.05, 0) is 36.5 Å². The highest BCUT2D eigenvalue weighted by atomic mass is 35.5. The Morgan fingerprint density at radius 2 is 1.60 bits per heavy atom. The molecule has 20 heavy (non-hydrogen) atoms. The van der Waals surface area contributed by atoms with E-state index in [2.05, 4.69) is 15.0 Å². The Balaban J connectivity index is 1.87. The van der Waals surface area contributed by atoms with Crippen LogP contribution >= 0.6 is 23.2 Å². The molecular formula is C15H15Cl2N3. The van der Waals surface area contributed by atoms with E-state index in [1.807, 2.05) is 12.1 Å². The largest absolute Gasteiger partial charge is 0.265 e. The van der Waals surface area contributed by atoms with Gasteiger partial charge in [0.15, 0.2) is 0 Å². The van der Waals surface area contributed by atoms with Crippen LogP contribution in [0.1, 0.15) is 48.6 Å². The normalized spacial score (nSPS) is 15.7. The van der Waals surface area contributed by atoms with Gasteiger partial charge in [0.2, 0.25) is 0 Å². The number of pyridine rings is 1. The van der Waals surface area contributed by atoms with Crippen LogP contribution in [-0.4, -0.2) is 15.0 Å². The molecular weight excluding hydrogens is 293 g/mol. The molecule has 0 bridgehead atoms. The second kappa shape index (κ2) is 6.06. The molecule has 3 rings (SSSR count). The highest BCUT2D eigenvalue weighted by Crippen LogP contribution is 2.39. The Kier molecular flexibility index (Phi) is 4.18. The fraction of sp³-hybridized carbons (Fsp3) is 0.400. The molecule has 0 unspecified atom stereocenters. The van der Waals surface area contributed by atoms with E-state index in [1.54, 1.807) is 12.4 Å². The minimum Gasteiger partial charge on any atom is -0.265 e. The van der Waals surface area contributed by atoms with Gasteiger partial charge in [-0.2, -0.15) is 0 Å². The molecule has 0 aliphatic heterocycles. The first-order valence-corrected chi connectivity index (χ1v) is 7.60. The predicted molar refractivity (Wildman–Crippen MR) is 80.3 cm³/mol. The summed E-state index contributed by atoms with van der Waals surface area (Å²) >= 11 is 12.7. The van der Waals surface area contributed by atoms with Crippen molar-refractivity contribution in [2.45, 2.75) is 38.0 Å². The van der Waals surface area contributed by atoms with Crippen LogP contribution in [0.4, 0.5) is 0 Å². The van der Waals surface area contributed by atoms with Gasteiger partial charge in [-0.25, -0.2) is 9.97 Å². The van der Waals surface area contributed by atoms with E-state index >= 15 is 0 Å². The van der Waals surface area contributed by atoms with Gasteiger partial charge in [0, 0.05) is 24.4 Å². The average Bonchev–Trinajstić information content (AvgIpc) is 2.93. The molecule has 1 aliphatic rings. The molecule has 0 N–H and O–H groups in total. The molecule has 1 fully saturated rings. The molecule has 0 radical (unpaired) electrons. The monoisotopic (exact) mass is 307 g/mol. The van der Waals surface area contributed by atoms with E-state index in [9.17, 15) is 0 Å². The molecule has 5 heteroatoms. The summed E-state index contributed by atoms with van der Waals surface area (Å²) in [5.74, 6) is 1.08. The van der Waals surface area contributed by atoms with Crippen molar-refractivity contribution in [2.75, 3.05) is 0 Å². The zero-order valence-electron chi connectivity index (χ0n) is 11.0. The molecule has 104 valence electrons. The van der Waals surface area contributed by atoms with Crippen molar-refractivity contribution in [1.82, 2.24) is 15.0 Å². The van der Waals surface area contributed by atoms with E-state index in [-0.39, 0.29) is 0 Å². The molecule has 2 aromatic rings. The maximum atomic E-state index is 6.33. The summed E-state index contributed by atoms with van der Waals surface area (Å²) in [6.07, 6.45) is 8.86. The minimum atomic E-state index is 0.421. The summed E-state index contributed by atoms with van der Waals surface area (Å²) < 4.78 is 0. The Labute approximate surface area is 128 Å². The van der Waals surface area contributed by atoms with Crippen molar-refractivity contribution < 1.29 is 0 Å². The molecule has 1 aliphatic carbocycles. The molecule has 0 spiro atoms. The standard InChI is InChI=1S/C15H15Cl2N3/c16-14-13(11-3-1-2-4-11)15(17)20-12(19-14)9-10-5-7-18-8-6-10/h5-8,11H,1-4,9H2. The van der Waals surface area contributed by atoms with Crippen molar-refractivity contribution in [3.05, 3.63) is 51.8 Å². The molecule has 1 saturated carbocycles. The minimum absolute atomic E-state index is 0.421. The quantitative estimate of drug-likeness (QED) is 0.788. The summed E-state index contributed by atoms with van der Waals surface area (Å²) in [6.45, 7) is 0. The fourth-order valence-electron chi connectivity index (χ4n) is 2.77. The van der Waals surface area contributed by atoms with Gasteiger partial charge >= 0.3 is 0 Å². The lowest BCUT2D eigenvalue weighted by molar-refractivity contribution is 0.710. The van der Waals surface area contributed by atoms with Crippen LogP contribution in [-0.2, 0) is 6.42 Å². The van der Waals surface area contributed by atoms with Gasteiger partial charge in [0.25, 0.3) is 0 Å². The van der Waals surface area contributed by atoms with E-state index in [1.165, 1.54) is 12.8 Å². The van der Waals surface area contributed by atoms with Gasteiger partial charge < -0.3 is 0 Å². The van der Waals surface area contributed by atoms with Gasteiger partial charge in [0.1, 0.15) is 16.1 Å². The molecule has 0 amide bonds. The summed E-state index contributed by atoms with van der Waals surface area (Å²) in [5.41, 5.74) is 2.03. The SMILES string of the molecule is Clc1nc(Cc2ccncc2)nc(Cl)c1C1CCCC1. The van der Waals surface area contributed by atoms with Gasteiger partial charge in [-0.3, -0.25) is 4.98 Å². The lowest BCUT2D eigenvalue weighted by Crippen LogP contribution is -2.04. The van der Waals surface area contributed by atoms with Crippen LogP contribution in [0, 0.1) is 0 Å². The zero-order chi connectivity index (χ0) is 13.9. The first kappa shape index (κ1) is 13.8. The number of aromatic nitrogens is 3. The van der Waals surface area contributed by atoms with Crippen molar-refractivity contribution >= 4 is 23.2 Å². The molecule has 2 heterocycles. The second-order valence-electron chi connectivity index (χ2n) is 5.15. The summed E-state index contributed by atoms with van der Waals surface area (Å²) in [6, 6.07) is 3.88. The van der Waals surface area contributed by atoms with Gasteiger partial charge in [-0.15, -0.1) is 0 Å². The van der Waals surface area contributed by atoms with E-state index in [0.29, 0.717) is 28.5 Å². The molecule has 0 saturated heterocycles.